The largest absolute Gasteiger partial charge is 0.395 e. The number of piperidine rings is 1. The van der Waals surface area contributed by atoms with Crippen LogP contribution in [-0.4, -0.2) is 49.6 Å². The van der Waals surface area contributed by atoms with Gasteiger partial charge in [0, 0.05) is 25.8 Å². The van der Waals surface area contributed by atoms with E-state index in [2.05, 4.69) is 11.9 Å². The van der Waals surface area contributed by atoms with E-state index in [0.717, 1.165) is 18.4 Å². The average molecular weight is 395 g/mol. The molecule has 152 valence electrons. The summed E-state index contributed by atoms with van der Waals surface area (Å²) in [6.45, 7) is 5.18. The fourth-order valence-corrected chi connectivity index (χ4v) is 3.96. The minimum Gasteiger partial charge on any atom is -0.395 e. The quantitative estimate of drug-likeness (QED) is 0.653. The maximum Gasteiger partial charge on any atom is 0.267 e. The van der Waals surface area contributed by atoms with Crippen molar-refractivity contribution < 1.29 is 9.90 Å². The Kier molecular flexibility index (Phi) is 4.96. The molecule has 2 N–H and O–H groups in total. The Morgan fingerprint density at radius 2 is 2.03 bits per heavy atom. The molecule has 1 aliphatic rings. The number of nitrogens with one attached hydrogen (secondary N) is 1. The van der Waals surface area contributed by atoms with Crippen LogP contribution in [0.15, 0.2) is 29.2 Å². The van der Waals surface area contributed by atoms with Crippen LogP contribution in [0.2, 0.25) is 0 Å². The van der Waals surface area contributed by atoms with E-state index in [4.69, 9.17) is 5.41 Å². The molecule has 1 amide bonds. The molecule has 0 radical (unpaired) electrons. The van der Waals surface area contributed by atoms with Gasteiger partial charge in [-0.15, -0.1) is 0 Å². The van der Waals surface area contributed by atoms with Crippen molar-refractivity contribution in [1.82, 2.24) is 18.9 Å². The van der Waals surface area contributed by atoms with Crippen molar-refractivity contribution in [3.05, 3.63) is 51.4 Å². The monoisotopic (exact) mass is 395 g/mol. The van der Waals surface area contributed by atoms with Crippen molar-refractivity contribution in [1.29, 1.82) is 5.41 Å². The Morgan fingerprint density at radius 1 is 1.31 bits per heavy atom. The first-order chi connectivity index (χ1) is 13.9. The Bertz CT molecular complexity index is 1220. The Hall–Kier alpha value is -3.00. The fourth-order valence-electron chi connectivity index (χ4n) is 3.96. The third-order valence-electron chi connectivity index (χ3n) is 5.76. The van der Waals surface area contributed by atoms with Gasteiger partial charge in [0.05, 0.1) is 17.6 Å². The van der Waals surface area contributed by atoms with Gasteiger partial charge in [-0.1, -0.05) is 13.0 Å². The van der Waals surface area contributed by atoms with Crippen LogP contribution in [0.5, 0.6) is 0 Å². The molecule has 0 bridgehead atoms. The van der Waals surface area contributed by atoms with Crippen LogP contribution in [-0.2, 0) is 6.54 Å². The molecule has 3 aromatic rings. The van der Waals surface area contributed by atoms with Crippen molar-refractivity contribution in [2.24, 2.45) is 5.92 Å². The molecular weight excluding hydrogens is 370 g/mol. The van der Waals surface area contributed by atoms with Gasteiger partial charge in [-0.2, -0.15) is 0 Å². The lowest BCUT2D eigenvalue weighted by atomic mass is 9.98. The molecule has 1 aliphatic heterocycles. The number of carbonyl (C=O) groups excluding carboxylic acids is 1. The molecule has 4 rings (SSSR count). The smallest absolute Gasteiger partial charge is 0.267 e. The molecule has 3 aromatic heterocycles. The summed E-state index contributed by atoms with van der Waals surface area (Å²) in [4.78, 5) is 32.7. The first kappa shape index (κ1) is 19.3. The summed E-state index contributed by atoms with van der Waals surface area (Å²) < 4.78 is 2.92. The SMILES string of the molecule is Cc1cccn2c(=O)c3cc(C(=O)N4CCC(C)CC4)c(=N)n(CCO)c3nc12. The normalized spacial score (nSPS) is 15.3. The van der Waals surface area contributed by atoms with E-state index in [0.29, 0.717) is 30.3 Å². The van der Waals surface area contributed by atoms with Gasteiger partial charge in [-0.3, -0.25) is 19.4 Å². The summed E-state index contributed by atoms with van der Waals surface area (Å²) in [5.74, 6) is 0.332. The molecular formula is C21H25N5O3. The number of aliphatic hydroxyl groups is 1. The second-order valence-electron chi connectivity index (χ2n) is 7.80. The maximum atomic E-state index is 13.2. The molecule has 0 unspecified atom stereocenters. The number of aromatic nitrogens is 3. The number of hydrogen-bond donors (Lipinski definition) is 2. The number of rotatable bonds is 3. The molecule has 0 aromatic carbocycles. The molecule has 0 saturated carbocycles. The van der Waals surface area contributed by atoms with Crippen molar-refractivity contribution in [2.45, 2.75) is 33.2 Å². The Morgan fingerprint density at radius 3 is 2.72 bits per heavy atom. The van der Waals surface area contributed by atoms with Crippen LogP contribution in [0.25, 0.3) is 16.7 Å². The van der Waals surface area contributed by atoms with Gasteiger partial charge in [0.15, 0.2) is 0 Å². The predicted octanol–water partition coefficient (Wildman–Crippen LogP) is 1.30. The second-order valence-corrected chi connectivity index (χ2v) is 7.80. The lowest BCUT2D eigenvalue weighted by Crippen LogP contribution is -2.41. The lowest BCUT2D eigenvalue weighted by Gasteiger charge is -2.30. The third kappa shape index (κ3) is 3.23. The highest BCUT2D eigenvalue weighted by atomic mass is 16.3. The van der Waals surface area contributed by atoms with E-state index in [1.807, 2.05) is 13.0 Å². The maximum absolute atomic E-state index is 13.2. The standard InChI is InChI=1S/C21H25N5O3/c1-13-5-8-24(9-6-13)20(28)15-12-16-19(25(10-11-27)17(15)22)23-18-14(2)4-3-7-26(18)21(16)29/h3-4,7,12-13,22,27H,5-6,8-11H2,1-2H3. The van der Waals surface area contributed by atoms with E-state index in [-0.39, 0.29) is 41.1 Å². The summed E-state index contributed by atoms with van der Waals surface area (Å²) >= 11 is 0. The number of aliphatic hydroxyl groups excluding tert-OH is 1. The average Bonchev–Trinajstić information content (AvgIpc) is 2.71. The third-order valence-corrected chi connectivity index (χ3v) is 5.76. The van der Waals surface area contributed by atoms with E-state index < -0.39 is 0 Å². The number of fused-ring (bicyclic) bond motifs is 2. The van der Waals surface area contributed by atoms with Crippen LogP contribution < -0.4 is 11.0 Å². The second kappa shape index (κ2) is 7.44. The van der Waals surface area contributed by atoms with Crippen LogP contribution in [0.4, 0.5) is 0 Å². The van der Waals surface area contributed by atoms with Gasteiger partial charge in [-0.05, 0) is 43.4 Å². The summed E-state index contributed by atoms with van der Waals surface area (Å²) in [7, 11) is 0. The number of hydrogen-bond acceptors (Lipinski definition) is 5. The molecule has 8 heteroatoms. The summed E-state index contributed by atoms with van der Waals surface area (Å²) in [5.41, 5.74) is 1.50. The number of aryl methyl sites for hydroxylation is 1. The first-order valence-corrected chi connectivity index (χ1v) is 9.92. The molecule has 0 aliphatic carbocycles. The molecule has 0 spiro atoms. The zero-order valence-corrected chi connectivity index (χ0v) is 16.7. The highest BCUT2D eigenvalue weighted by molar-refractivity contribution is 5.97. The number of likely N-dealkylation sites (tertiary alicyclic amines) is 1. The van der Waals surface area contributed by atoms with E-state index in [9.17, 15) is 14.7 Å². The van der Waals surface area contributed by atoms with Gasteiger partial charge in [0.25, 0.3) is 11.5 Å². The van der Waals surface area contributed by atoms with E-state index >= 15 is 0 Å². The number of nitrogens with zero attached hydrogens (tertiary/aromatic N) is 4. The van der Waals surface area contributed by atoms with Crippen molar-refractivity contribution in [3.63, 3.8) is 0 Å². The number of pyridine rings is 2. The van der Waals surface area contributed by atoms with Gasteiger partial charge in [0.2, 0.25) is 0 Å². The van der Waals surface area contributed by atoms with Crippen molar-refractivity contribution >= 4 is 22.6 Å². The topological polar surface area (TPSA) is 104 Å². The fraction of sp³-hybridized carbons (Fsp3) is 0.429. The van der Waals surface area contributed by atoms with Gasteiger partial charge < -0.3 is 14.6 Å². The van der Waals surface area contributed by atoms with Gasteiger partial charge in [-0.25, -0.2) is 4.98 Å². The summed E-state index contributed by atoms with van der Waals surface area (Å²) in [6, 6.07) is 5.13. The molecule has 29 heavy (non-hydrogen) atoms. The van der Waals surface area contributed by atoms with E-state index in [1.165, 1.54) is 15.0 Å². The van der Waals surface area contributed by atoms with Crippen LogP contribution in [0.3, 0.4) is 0 Å². The molecule has 4 heterocycles. The highest BCUT2D eigenvalue weighted by Crippen LogP contribution is 2.19. The van der Waals surface area contributed by atoms with Crippen LogP contribution >= 0.6 is 0 Å². The highest BCUT2D eigenvalue weighted by Gasteiger charge is 2.25. The van der Waals surface area contributed by atoms with Gasteiger partial charge >= 0.3 is 0 Å². The van der Waals surface area contributed by atoms with Gasteiger partial charge in [0.1, 0.15) is 16.8 Å². The van der Waals surface area contributed by atoms with Crippen LogP contribution in [0.1, 0.15) is 35.7 Å². The Balaban J connectivity index is 1.97. The Labute approximate surface area is 167 Å². The molecule has 8 nitrogen and oxygen atoms in total. The van der Waals surface area contributed by atoms with E-state index in [1.54, 1.807) is 17.2 Å². The molecule has 0 atom stereocenters. The van der Waals surface area contributed by atoms with Crippen molar-refractivity contribution in [3.8, 4) is 0 Å². The first-order valence-electron chi connectivity index (χ1n) is 9.92. The predicted molar refractivity (Wildman–Crippen MR) is 109 cm³/mol. The van der Waals surface area contributed by atoms with Crippen molar-refractivity contribution in [2.75, 3.05) is 19.7 Å². The zero-order chi connectivity index (χ0) is 20.7. The summed E-state index contributed by atoms with van der Waals surface area (Å²) in [6.07, 6.45) is 3.50. The minimum absolute atomic E-state index is 0.0278. The summed E-state index contributed by atoms with van der Waals surface area (Å²) in [5, 5.41) is 18.4. The van der Waals surface area contributed by atoms with Crippen LogP contribution in [0, 0.1) is 18.3 Å². The molecule has 1 fully saturated rings. The number of carbonyl (C=O) groups is 1. The lowest BCUT2D eigenvalue weighted by molar-refractivity contribution is 0.0694. The molecule has 1 saturated heterocycles. The zero-order valence-electron chi connectivity index (χ0n) is 16.7. The minimum atomic E-state index is -0.290. The number of amides is 1.